The summed E-state index contributed by atoms with van der Waals surface area (Å²) in [4.78, 5) is 20.5. The van der Waals surface area contributed by atoms with E-state index in [2.05, 4.69) is 11.3 Å². The molecule has 0 aromatic rings. The predicted octanol–water partition coefficient (Wildman–Crippen LogP) is 0.163. The standard InChI is InChI=1S/C5H8N2O4/c1-2-3-11-5(10)7(6)4(8)9/h2H,1,3,6H2,(H,8,9). The number of nitrogens with zero attached hydrogens (tertiary/aromatic N) is 1. The maximum Gasteiger partial charge on any atom is 0.434 e. The van der Waals surface area contributed by atoms with E-state index in [1.165, 1.54) is 6.08 Å². The molecule has 0 saturated carbocycles. The Morgan fingerprint density at radius 1 is 1.73 bits per heavy atom. The third-order valence-electron chi connectivity index (χ3n) is 0.727. The van der Waals surface area contributed by atoms with Gasteiger partial charge >= 0.3 is 12.2 Å². The number of amides is 2. The first kappa shape index (κ1) is 9.44. The lowest BCUT2D eigenvalue weighted by molar-refractivity contribution is 0.102. The van der Waals surface area contributed by atoms with Crippen LogP contribution in [0, 0.1) is 0 Å². The second kappa shape index (κ2) is 4.29. The van der Waals surface area contributed by atoms with Crippen LogP contribution in [0.5, 0.6) is 0 Å². The molecule has 0 unspecified atom stereocenters. The molecule has 6 heteroatoms. The summed E-state index contributed by atoms with van der Waals surface area (Å²) in [5, 5.41) is 8.07. The van der Waals surface area contributed by atoms with Crippen molar-refractivity contribution in [2.24, 2.45) is 5.84 Å². The maximum absolute atomic E-state index is 10.5. The predicted molar refractivity (Wildman–Crippen MR) is 35.6 cm³/mol. The number of hydrazine groups is 1. The van der Waals surface area contributed by atoms with Gasteiger partial charge in [-0.05, 0) is 0 Å². The number of hydrogen-bond donors (Lipinski definition) is 2. The van der Waals surface area contributed by atoms with Gasteiger partial charge in [-0.1, -0.05) is 12.7 Å². The zero-order valence-corrected chi connectivity index (χ0v) is 5.69. The van der Waals surface area contributed by atoms with Gasteiger partial charge in [-0.15, -0.1) is 5.01 Å². The first-order chi connectivity index (χ1) is 5.09. The summed E-state index contributed by atoms with van der Waals surface area (Å²) in [6.07, 6.45) is -1.40. The van der Waals surface area contributed by atoms with Gasteiger partial charge < -0.3 is 9.84 Å². The van der Waals surface area contributed by atoms with Crippen LogP contribution < -0.4 is 5.84 Å². The van der Waals surface area contributed by atoms with E-state index in [-0.39, 0.29) is 11.6 Å². The minimum absolute atomic E-state index is 0.0521. The first-order valence-electron chi connectivity index (χ1n) is 2.65. The van der Waals surface area contributed by atoms with E-state index in [9.17, 15) is 9.59 Å². The number of carbonyl (C=O) groups is 2. The molecule has 11 heavy (non-hydrogen) atoms. The lowest BCUT2D eigenvalue weighted by Crippen LogP contribution is -2.41. The molecular weight excluding hydrogens is 152 g/mol. The summed E-state index contributed by atoms with van der Waals surface area (Å²) in [5.74, 6) is 4.73. The van der Waals surface area contributed by atoms with Crippen molar-refractivity contribution in [1.82, 2.24) is 5.01 Å². The lowest BCUT2D eigenvalue weighted by atomic mass is 10.7. The van der Waals surface area contributed by atoms with Crippen LogP contribution in [0.15, 0.2) is 12.7 Å². The molecule has 0 spiro atoms. The minimum atomic E-state index is -1.57. The number of hydrogen-bond acceptors (Lipinski definition) is 4. The second-order valence-electron chi connectivity index (χ2n) is 1.52. The van der Waals surface area contributed by atoms with Gasteiger partial charge in [0.1, 0.15) is 6.61 Å². The summed E-state index contributed by atoms with van der Waals surface area (Å²) in [7, 11) is 0. The van der Waals surface area contributed by atoms with Gasteiger partial charge in [0, 0.05) is 0 Å². The molecule has 6 nitrogen and oxygen atoms in total. The smallest absolute Gasteiger partial charge is 0.434 e. The van der Waals surface area contributed by atoms with Gasteiger partial charge in [0.25, 0.3) is 0 Å². The molecule has 0 fully saturated rings. The normalized spacial score (nSPS) is 8.45. The Kier molecular flexibility index (Phi) is 3.68. The van der Waals surface area contributed by atoms with Crippen molar-refractivity contribution in [2.45, 2.75) is 0 Å². The van der Waals surface area contributed by atoms with Crippen molar-refractivity contribution in [3.8, 4) is 0 Å². The zero-order chi connectivity index (χ0) is 8.85. The minimum Gasteiger partial charge on any atom is -0.464 e. The Hall–Kier alpha value is -1.56. The van der Waals surface area contributed by atoms with E-state index in [0.29, 0.717) is 0 Å². The molecular formula is C5H8N2O4. The van der Waals surface area contributed by atoms with Crippen LogP contribution in [0.4, 0.5) is 9.59 Å². The van der Waals surface area contributed by atoms with Crippen molar-refractivity contribution in [1.29, 1.82) is 0 Å². The Morgan fingerprint density at radius 2 is 2.27 bits per heavy atom. The molecule has 62 valence electrons. The Balaban J connectivity index is 3.82. The molecule has 0 heterocycles. The summed E-state index contributed by atoms with van der Waals surface area (Å²) >= 11 is 0. The van der Waals surface area contributed by atoms with Gasteiger partial charge in [0.05, 0.1) is 0 Å². The Bertz CT molecular complexity index is 179. The number of rotatable bonds is 2. The van der Waals surface area contributed by atoms with Gasteiger partial charge in [0.2, 0.25) is 0 Å². The SMILES string of the molecule is C=CCOC(=O)N(N)C(=O)O. The third-order valence-corrected chi connectivity index (χ3v) is 0.727. The summed E-state index contributed by atoms with van der Waals surface area (Å²) in [6.45, 7) is 3.18. The molecule has 0 aliphatic heterocycles. The molecule has 0 aliphatic rings. The molecule has 0 aliphatic carbocycles. The van der Waals surface area contributed by atoms with Crippen LogP contribution in [0.25, 0.3) is 0 Å². The first-order valence-corrected chi connectivity index (χ1v) is 2.65. The van der Waals surface area contributed by atoms with E-state index in [0.717, 1.165) is 0 Å². The van der Waals surface area contributed by atoms with Crippen molar-refractivity contribution < 1.29 is 19.4 Å². The molecule has 0 rings (SSSR count). The molecule has 0 aromatic carbocycles. The maximum atomic E-state index is 10.5. The van der Waals surface area contributed by atoms with Gasteiger partial charge in [-0.3, -0.25) is 0 Å². The average molecular weight is 160 g/mol. The van der Waals surface area contributed by atoms with Crippen LogP contribution in [0.1, 0.15) is 0 Å². The molecule has 0 saturated heterocycles. The highest BCUT2D eigenvalue weighted by molar-refractivity contribution is 5.85. The molecule has 3 N–H and O–H groups in total. The number of imide groups is 1. The number of carbonyl (C=O) groups excluding carboxylic acids is 1. The van der Waals surface area contributed by atoms with E-state index in [1.807, 2.05) is 0 Å². The van der Waals surface area contributed by atoms with Crippen LogP contribution in [-0.4, -0.2) is 28.9 Å². The average Bonchev–Trinajstić information content (AvgIpc) is 1.98. The number of nitrogens with two attached hydrogens (primary N) is 1. The molecule has 0 radical (unpaired) electrons. The van der Waals surface area contributed by atoms with E-state index < -0.39 is 12.2 Å². The van der Waals surface area contributed by atoms with Crippen molar-refractivity contribution in [2.75, 3.05) is 6.61 Å². The van der Waals surface area contributed by atoms with E-state index >= 15 is 0 Å². The quantitative estimate of drug-likeness (QED) is 0.260. The second-order valence-corrected chi connectivity index (χ2v) is 1.52. The summed E-state index contributed by atoms with van der Waals surface area (Å²) < 4.78 is 4.28. The highest BCUT2D eigenvalue weighted by atomic mass is 16.6. The third kappa shape index (κ3) is 3.21. The fourth-order valence-corrected chi connectivity index (χ4v) is 0.278. The Morgan fingerprint density at radius 3 is 2.64 bits per heavy atom. The topological polar surface area (TPSA) is 92.9 Å². The van der Waals surface area contributed by atoms with Crippen molar-refractivity contribution in [3.05, 3.63) is 12.7 Å². The molecule has 0 bridgehead atoms. The van der Waals surface area contributed by atoms with Crippen molar-refractivity contribution in [3.63, 3.8) is 0 Å². The summed E-state index contributed by atoms with van der Waals surface area (Å²) in [5.41, 5.74) is 0. The molecule has 2 amide bonds. The van der Waals surface area contributed by atoms with Gasteiger partial charge in [0.15, 0.2) is 0 Å². The van der Waals surface area contributed by atoms with Gasteiger partial charge in [-0.25, -0.2) is 15.4 Å². The van der Waals surface area contributed by atoms with Crippen LogP contribution in [-0.2, 0) is 4.74 Å². The number of carboxylic acid groups (broad SMARTS) is 1. The largest absolute Gasteiger partial charge is 0.464 e. The molecule has 0 aromatic heterocycles. The van der Waals surface area contributed by atoms with Gasteiger partial charge in [-0.2, -0.15) is 0 Å². The van der Waals surface area contributed by atoms with Crippen LogP contribution in [0.3, 0.4) is 0 Å². The Labute approximate surface area is 62.8 Å². The lowest BCUT2D eigenvalue weighted by Gasteiger charge is -2.08. The van der Waals surface area contributed by atoms with E-state index in [4.69, 9.17) is 10.9 Å². The highest BCUT2D eigenvalue weighted by Gasteiger charge is 2.16. The fraction of sp³-hybridized carbons (Fsp3) is 0.200. The van der Waals surface area contributed by atoms with E-state index in [1.54, 1.807) is 0 Å². The van der Waals surface area contributed by atoms with Crippen LogP contribution >= 0.6 is 0 Å². The zero-order valence-electron chi connectivity index (χ0n) is 5.69. The van der Waals surface area contributed by atoms with Crippen molar-refractivity contribution >= 4 is 12.2 Å². The summed E-state index contributed by atoms with van der Waals surface area (Å²) in [6, 6.07) is 0. The number of ether oxygens (including phenoxy) is 1. The molecule has 0 atom stereocenters. The highest BCUT2D eigenvalue weighted by Crippen LogP contribution is 1.87. The fourth-order valence-electron chi connectivity index (χ4n) is 0.278. The van der Waals surface area contributed by atoms with Crippen LogP contribution in [0.2, 0.25) is 0 Å². The monoisotopic (exact) mass is 160 g/mol.